The van der Waals surface area contributed by atoms with E-state index in [9.17, 15) is 13.2 Å². The number of alkyl halides is 3. The molecule has 2 nitrogen and oxygen atoms in total. The number of hydrogen-bond acceptors (Lipinski definition) is 3. The minimum atomic E-state index is -4.71. The van der Waals surface area contributed by atoms with Crippen molar-refractivity contribution in [2.45, 2.75) is 6.36 Å². The highest BCUT2D eigenvalue weighted by Crippen LogP contribution is 2.33. The second-order valence-corrected chi connectivity index (χ2v) is 3.40. The molecule has 0 saturated carbocycles. The van der Waals surface area contributed by atoms with Gasteiger partial charge in [0.1, 0.15) is 5.75 Å². The molecule has 0 amide bonds. The zero-order chi connectivity index (χ0) is 11.5. The molecule has 7 heteroatoms. The van der Waals surface area contributed by atoms with Crippen LogP contribution in [0.5, 0.6) is 5.75 Å². The Morgan fingerprint density at radius 2 is 2.07 bits per heavy atom. The second kappa shape index (κ2) is 4.74. The smallest absolute Gasteiger partial charge is 0.405 e. The molecule has 0 atom stereocenters. The maximum Gasteiger partial charge on any atom is 0.573 e. The lowest BCUT2D eigenvalue weighted by Gasteiger charge is -2.10. The normalized spacial score (nSPS) is 10.7. The molecular weight excluding hydrogens is 295 g/mol. The van der Waals surface area contributed by atoms with Gasteiger partial charge in [-0.15, -0.1) is 13.2 Å². The number of thiocarbonyl (C=S) groups is 1. The quantitative estimate of drug-likeness (QED) is 0.606. The lowest BCUT2D eigenvalue weighted by Crippen LogP contribution is -2.17. The highest BCUT2D eigenvalue weighted by atomic mass is 79.9. The Bertz CT molecular complexity index is 415. The summed E-state index contributed by atoms with van der Waals surface area (Å²) in [5.41, 5.74) is 0.395. The Kier molecular flexibility index (Phi) is 3.84. The number of rotatable bonds is 2. The van der Waals surface area contributed by atoms with Crippen LogP contribution in [-0.4, -0.2) is 11.5 Å². The Morgan fingerprint density at radius 3 is 2.53 bits per heavy atom. The summed E-state index contributed by atoms with van der Waals surface area (Å²) in [6.45, 7) is 0. The molecule has 0 unspecified atom stereocenters. The van der Waals surface area contributed by atoms with Crippen LogP contribution < -0.4 is 4.74 Å². The molecule has 0 fully saturated rings. The van der Waals surface area contributed by atoms with Crippen LogP contribution in [0.2, 0.25) is 0 Å². The SMILES string of the molecule is FC(F)(F)Oc1ccc(N=C=S)cc1Br. The average Bonchev–Trinajstić information content (AvgIpc) is 2.08. The summed E-state index contributed by atoms with van der Waals surface area (Å²) in [6.07, 6.45) is -4.71. The van der Waals surface area contributed by atoms with Crippen LogP contribution in [0.15, 0.2) is 27.7 Å². The van der Waals surface area contributed by atoms with E-state index in [1.54, 1.807) is 0 Å². The number of benzene rings is 1. The molecule has 0 spiro atoms. The molecule has 0 radical (unpaired) electrons. The Labute approximate surface area is 96.9 Å². The van der Waals surface area contributed by atoms with Gasteiger partial charge in [-0.3, -0.25) is 0 Å². The van der Waals surface area contributed by atoms with Gasteiger partial charge in [0.2, 0.25) is 0 Å². The minimum absolute atomic E-state index is 0.145. The van der Waals surface area contributed by atoms with Gasteiger partial charge in [-0.25, -0.2) is 0 Å². The van der Waals surface area contributed by atoms with E-state index in [1.165, 1.54) is 12.1 Å². The van der Waals surface area contributed by atoms with Gasteiger partial charge in [-0.1, -0.05) is 0 Å². The lowest BCUT2D eigenvalue weighted by molar-refractivity contribution is -0.274. The molecule has 1 aromatic rings. The van der Waals surface area contributed by atoms with Crippen LogP contribution in [0.25, 0.3) is 0 Å². The number of aliphatic imine (C=N–C) groups is 1. The summed E-state index contributed by atoms with van der Waals surface area (Å²) in [6, 6.07) is 3.83. The lowest BCUT2D eigenvalue weighted by atomic mass is 10.3. The summed E-state index contributed by atoms with van der Waals surface area (Å²) in [4.78, 5) is 3.60. The molecule has 0 heterocycles. The Balaban J connectivity index is 2.98. The molecule has 0 aliphatic carbocycles. The van der Waals surface area contributed by atoms with Gasteiger partial charge in [0, 0.05) is 0 Å². The molecule has 1 rings (SSSR count). The molecule has 0 N–H and O–H groups in total. The van der Waals surface area contributed by atoms with Crippen LogP contribution in [0.3, 0.4) is 0 Å². The molecular formula is C8H3BrF3NOS. The number of nitrogens with zero attached hydrogens (tertiary/aromatic N) is 1. The molecule has 0 aliphatic heterocycles. The maximum atomic E-state index is 11.9. The van der Waals surface area contributed by atoms with E-state index < -0.39 is 6.36 Å². The second-order valence-electron chi connectivity index (χ2n) is 2.37. The topological polar surface area (TPSA) is 21.6 Å². The van der Waals surface area contributed by atoms with Gasteiger partial charge in [0.25, 0.3) is 0 Å². The van der Waals surface area contributed by atoms with Crippen molar-refractivity contribution in [1.29, 1.82) is 0 Å². The van der Waals surface area contributed by atoms with Crippen molar-refractivity contribution in [2.75, 3.05) is 0 Å². The van der Waals surface area contributed by atoms with Crippen molar-refractivity contribution < 1.29 is 17.9 Å². The third kappa shape index (κ3) is 3.99. The van der Waals surface area contributed by atoms with E-state index in [4.69, 9.17) is 0 Å². The van der Waals surface area contributed by atoms with Crippen LogP contribution in [0, 0.1) is 0 Å². The fraction of sp³-hybridized carbons (Fsp3) is 0.125. The van der Waals surface area contributed by atoms with Crippen LogP contribution in [0.4, 0.5) is 18.9 Å². The van der Waals surface area contributed by atoms with Gasteiger partial charge in [0.15, 0.2) is 0 Å². The van der Waals surface area contributed by atoms with Crippen molar-refractivity contribution in [3.8, 4) is 5.75 Å². The first-order valence-electron chi connectivity index (χ1n) is 3.55. The third-order valence-electron chi connectivity index (χ3n) is 1.32. The van der Waals surface area contributed by atoms with Gasteiger partial charge in [-0.2, -0.15) is 4.99 Å². The van der Waals surface area contributed by atoms with Crippen LogP contribution >= 0.6 is 28.1 Å². The summed E-state index contributed by atoms with van der Waals surface area (Å²) in [7, 11) is 0. The summed E-state index contributed by atoms with van der Waals surface area (Å²) >= 11 is 7.28. The van der Waals surface area contributed by atoms with Crippen molar-refractivity contribution >= 4 is 39.0 Å². The minimum Gasteiger partial charge on any atom is -0.405 e. The fourth-order valence-electron chi connectivity index (χ4n) is 0.819. The summed E-state index contributed by atoms with van der Waals surface area (Å²) < 4.78 is 39.5. The van der Waals surface area contributed by atoms with E-state index in [1.807, 2.05) is 0 Å². The average molecular weight is 298 g/mol. The number of isothiocyanates is 1. The highest BCUT2D eigenvalue weighted by Gasteiger charge is 2.31. The maximum absolute atomic E-state index is 11.9. The number of ether oxygens (including phenoxy) is 1. The van der Waals surface area contributed by atoms with Gasteiger partial charge in [-0.05, 0) is 46.3 Å². The van der Waals surface area contributed by atoms with Crippen LogP contribution in [0.1, 0.15) is 0 Å². The van der Waals surface area contributed by atoms with E-state index in [0.717, 1.165) is 6.07 Å². The first-order chi connectivity index (χ1) is 6.92. The fourth-order valence-corrected chi connectivity index (χ4v) is 1.37. The van der Waals surface area contributed by atoms with E-state index in [-0.39, 0.29) is 10.2 Å². The van der Waals surface area contributed by atoms with Crippen LogP contribution in [-0.2, 0) is 0 Å². The predicted octanol–water partition coefficient (Wildman–Crippen LogP) is 4.08. The van der Waals surface area contributed by atoms with Gasteiger partial charge < -0.3 is 4.74 Å². The predicted molar refractivity (Wildman–Crippen MR) is 55.5 cm³/mol. The number of halogens is 4. The molecule has 0 saturated heterocycles. The van der Waals surface area contributed by atoms with E-state index in [0.29, 0.717) is 5.69 Å². The van der Waals surface area contributed by atoms with Gasteiger partial charge in [0.05, 0.1) is 15.3 Å². The molecule has 0 aromatic heterocycles. The van der Waals surface area contributed by atoms with Crippen molar-refractivity contribution in [3.05, 3.63) is 22.7 Å². The van der Waals surface area contributed by atoms with E-state index >= 15 is 0 Å². The largest absolute Gasteiger partial charge is 0.573 e. The molecule has 0 aliphatic rings. The molecule has 0 bridgehead atoms. The molecule has 1 aromatic carbocycles. The summed E-state index contributed by atoms with van der Waals surface area (Å²) in [5, 5.41) is 2.10. The van der Waals surface area contributed by atoms with Crippen molar-refractivity contribution in [3.63, 3.8) is 0 Å². The standard InChI is InChI=1S/C8H3BrF3NOS/c9-6-3-5(13-4-15)1-2-7(6)14-8(10,11)12/h1-3H. The number of hydrogen-bond donors (Lipinski definition) is 0. The van der Waals surface area contributed by atoms with Crippen molar-refractivity contribution in [2.24, 2.45) is 4.99 Å². The Hall–Kier alpha value is -0.910. The molecule has 15 heavy (non-hydrogen) atoms. The zero-order valence-electron chi connectivity index (χ0n) is 7.01. The molecule has 80 valence electrons. The first kappa shape index (κ1) is 12.2. The summed E-state index contributed by atoms with van der Waals surface area (Å²) in [5.74, 6) is -0.328. The third-order valence-corrected chi connectivity index (χ3v) is 2.03. The first-order valence-corrected chi connectivity index (χ1v) is 4.75. The monoisotopic (exact) mass is 297 g/mol. The van der Waals surface area contributed by atoms with Gasteiger partial charge >= 0.3 is 6.36 Å². The van der Waals surface area contributed by atoms with Crippen molar-refractivity contribution in [1.82, 2.24) is 0 Å². The Morgan fingerprint density at radius 1 is 1.40 bits per heavy atom. The zero-order valence-corrected chi connectivity index (χ0v) is 9.41. The highest BCUT2D eigenvalue weighted by molar-refractivity contribution is 9.10. The van der Waals surface area contributed by atoms with E-state index in [2.05, 4.69) is 43.0 Å².